The van der Waals surface area contributed by atoms with Crippen molar-refractivity contribution in [3.8, 4) is 23.0 Å². The van der Waals surface area contributed by atoms with Gasteiger partial charge in [-0.05, 0) is 146 Å². The van der Waals surface area contributed by atoms with E-state index in [1.165, 1.54) is 43.0 Å². The number of aldehydes is 1. The van der Waals surface area contributed by atoms with Crippen LogP contribution in [0, 0.1) is 23.3 Å². The molecule has 302 valence electrons. The van der Waals surface area contributed by atoms with E-state index in [-0.39, 0.29) is 29.1 Å². The lowest BCUT2D eigenvalue weighted by molar-refractivity contribution is -0.138. The topological polar surface area (TPSA) is 92.4 Å². The molecule has 4 aromatic carbocycles. The molecule has 1 fully saturated rings. The third-order valence-corrected chi connectivity index (χ3v) is 10.3. The van der Waals surface area contributed by atoms with Gasteiger partial charge in [0.2, 0.25) is 0 Å². The highest BCUT2D eigenvalue weighted by Crippen LogP contribution is 2.32. The number of rotatable bonds is 19. The number of piperazine rings is 1. The molecule has 1 saturated heterocycles. The lowest BCUT2D eigenvalue weighted by Crippen LogP contribution is -2.48. The minimum absolute atomic E-state index is 0.183. The number of ether oxygens (including phenoxy) is 3. The van der Waals surface area contributed by atoms with E-state index in [4.69, 9.17) is 14.2 Å². The average molecular weight is 825 g/mol. The molecule has 0 atom stereocenters. The number of carbonyl (C=O) groups is 2. The van der Waals surface area contributed by atoms with Crippen LogP contribution < -0.4 is 18.9 Å². The van der Waals surface area contributed by atoms with Gasteiger partial charge < -0.3 is 14.2 Å². The van der Waals surface area contributed by atoms with Crippen molar-refractivity contribution in [2.24, 2.45) is 0 Å². The first-order valence-corrected chi connectivity index (χ1v) is 19.9. The largest absolute Gasteiger partial charge is 0.463 e. The molecule has 57 heavy (non-hydrogen) atoms. The summed E-state index contributed by atoms with van der Waals surface area (Å²) in [6.07, 6.45) is 3.36. The monoisotopic (exact) mass is 824 g/mol. The van der Waals surface area contributed by atoms with E-state index >= 15 is 0 Å². The maximum absolute atomic E-state index is 14.7. The molecule has 0 unspecified atom stereocenters. The number of benzene rings is 4. The van der Waals surface area contributed by atoms with E-state index in [9.17, 15) is 27.2 Å². The van der Waals surface area contributed by atoms with Crippen molar-refractivity contribution >= 4 is 48.3 Å². The first-order chi connectivity index (χ1) is 27.5. The molecule has 1 aliphatic rings. The molecule has 0 spiro atoms. The van der Waals surface area contributed by atoms with Crippen LogP contribution in [0.1, 0.15) is 31.9 Å². The number of halogens is 4. The first-order valence-electron chi connectivity index (χ1n) is 18.3. The highest BCUT2D eigenvalue weighted by atomic mass is 32.2. The lowest BCUT2D eigenvalue weighted by Gasteiger charge is -2.34. The van der Waals surface area contributed by atoms with Gasteiger partial charge in [0, 0.05) is 67.7 Å². The van der Waals surface area contributed by atoms with Gasteiger partial charge in [-0.25, -0.2) is 22.4 Å². The molecule has 1 aliphatic heterocycles. The van der Waals surface area contributed by atoms with E-state index in [2.05, 4.69) is 19.2 Å². The molecule has 0 saturated carbocycles. The molecule has 1 heterocycles. The zero-order chi connectivity index (χ0) is 40.7. The normalized spacial score (nSPS) is 14.1. The fourth-order valence-electron chi connectivity index (χ4n) is 5.67. The summed E-state index contributed by atoms with van der Waals surface area (Å²) in [4.78, 5) is 29.3. The van der Waals surface area contributed by atoms with Crippen molar-refractivity contribution in [2.45, 2.75) is 30.6 Å². The van der Waals surface area contributed by atoms with Gasteiger partial charge in [-0.1, -0.05) is 0 Å². The molecule has 9 nitrogen and oxygen atoms in total. The Labute approximate surface area is 338 Å². The van der Waals surface area contributed by atoms with Crippen molar-refractivity contribution in [2.75, 3.05) is 59.0 Å². The summed E-state index contributed by atoms with van der Waals surface area (Å²) in [5.41, 5.74) is 0.994. The van der Waals surface area contributed by atoms with E-state index in [1.54, 1.807) is 38.1 Å². The van der Waals surface area contributed by atoms with Gasteiger partial charge >= 0.3 is 5.97 Å². The predicted octanol–water partition coefficient (Wildman–Crippen LogP) is 8.91. The Bertz CT molecular complexity index is 2000. The van der Waals surface area contributed by atoms with Crippen molar-refractivity contribution in [3.63, 3.8) is 0 Å². The van der Waals surface area contributed by atoms with Gasteiger partial charge in [-0.15, -0.1) is 0 Å². The molecule has 0 bridgehead atoms. The molecule has 0 aliphatic carbocycles. The van der Waals surface area contributed by atoms with Crippen LogP contribution >= 0.6 is 23.9 Å². The summed E-state index contributed by atoms with van der Waals surface area (Å²) in [6, 6.07) is 18.3. The summed E-state index contributed by atoms with van der Waals surface area (Å²) < 4.78 is 81.1. The van der Waals surface area contributed by atoms with Crippen molar-refractivity contribution in [1.82, 2.24) is 19.2 Å². The van der Waals surface area contributed by atoms with Gasteiger partial charge in [-0.3, -0.25) is 24.0 Å². The third kappa shape index (κ3) is 13.5. The first kappa shape index (κ1) is 43.5. The Morgan fingerprint density at radius 3 is 1.47 bits per heavy atom. The van der Waals surface area contributed by atoms with Crippen LogP contribution in [0.4, 0.5) is 17.6 Å². The molecule has 4 aromatic rings. The quantitative estimate of drug-likeness (QED) is 0.0237. The van der Waals surface area contributed by atoms with Gasteiger partial charge in [0.15, 0.2) is 34.8 Å². The fraction of sp³-hybridized carbons (Fsp3) is 0.286. The third-order valence-electron chi connectivity index (χ3n) is 8.59. The number of allylic oxidation sites excluding steroid dienone is 1. The minimum atomic E-state index is -0.886. The van der Waals surface area contributed by atoms with Gasteiger partial charge in [0.25, 0.3) is 0 Å². The number of carbonyl (C=O) groups excluding carboxylic acids is 2. The second-order valence-corrected chi connectivity index (χ2v) is 14.9. The highest BCUT2D eigenvalue weighted by Gasteiger charge is 2.18. The van der Waals surface area contributed by atoms with Crippen molar-refractivity contribution in [3.05, 3.63) is 118 Å². The second-order valence-electron chi connectivity index (χ2n) is 13.0. The standard InChI is InChI=1S/C42H44F4N4O5S2/c1-4-53-42(52)29(3)22-31-25-38(45)41(39(46)26-31)55-33-7-11-35(12-8-33)57-48-14-16-50-19-17-49(18-20-50)15-13-47-56-34-9-5-32(6-10-34)54-40-36(43)23-30(24-37(40)44)21-28(2)27-51/h5-12,21-27,47-48H,4,13-20H2,1-3H3/b28-21+,29-22+. The molecule has 2 N–H and O–H groups in total. The predicted molar refractivity (Wildman–Crippen MR) is 216 cm³/mol. The van der Waals surface area contributed by atoms with Crippen LogP contribution in [0.5, 0.6) is 23.0 Å². The molecular weight excluding hydrogens is 781 g/mol. The SMILES string of the molecule is CCOC(=O)/C(C)=C/c1cc(F)c(Oc2ccc(SNCCN3CCN(CCNSc4ccc(Oc5c(F)cc(/C=C(\C)C=O)cc5F)cc4)CC3)cc2)c(F)c1. The van der Waals surface area contributed by atoms with Gasteiger partial charge in [0.1, 0.15) is 17.8 Å². The summed E-state index contributed by atoms with van der Waals surface area (Å²) in [7, 11) is 0. The Hall–Kier alpha value is -4.64. The lowest BCUT2D eigenvalue weighted by atomic mass is 10.1. The van der Waals surface area contributed by atoms with Crippen LogP contribution in [0.15, 0.2) is 93.7 Å². The highest BCUT2D eigenvalue weighted by molar-refractivity contribution is 7.97. The van der Waals surface area contributed by atoms with Crippen LogP contribution in [0.2, 0.25) is 0 Å². The Morgan fingerprint density at radius 2 is 1.09 bits per heavy atom. The molecular formula is C42H44F4N4O5S2. The molecule has 0 amide bonds. The minimum Gasteiger partial charge on any atom is -0.463 e. The smallest absolute Gasteiger partial charge is 0.333 e. The van der Waals surface area contributed by atoms with Crippen LogP contribution in [0.3, 0.4) is 0 Å². The van der Waals surface area contributed by atoms with Crippen molar-refractivity contribution < 1.29 is 41.4 Å². The number of nitrogens with zero attached hydrogens (tertiary/aromatic N) is 2. The van der Waals surface area contributed by atoms with E-state index in [0.29, 0.717) is 17.6 Å². The zero-order valence-corrected chi connectivity index (χ0v) is 33.4. The average Bonchev–Trinajstić information content (AvgIpc) is 3.19. The fourth-order valence-corrected chi connectivity index (χ4v) is 6.94. The maximum Gasteiger partial charge on any atom is 0.333 e. The van der Waals surface area contributed by atoms with Gasteiger partial charge in [0.05, 0.1) is 6.61 Å². The summed E-state index contributed by atoms with van der Waals surface area (Å²) in [5, 5.41) is 0. The Balaban J connectivity index is 0.947. The number of esters is 1. The maximum atomic E-state index is 14.7. The Morgan fingerprint density at radius 1 is 0.684 bits per heavy atom. The number of hydrogen-bond donors (Lipinski definition) is 2. The van der Waals surface area contributed by atoms with Gasteiger partial charge in [-0.2, -0.15) is 0 Å². The van der Waals surface area contributed by atoms with Crippen molar-refractivity contribution in [1.29, 1.82) is 0 Å². The summed E-state index contributed by atoms with van der Waals surface area (Å²) >= 11 is 2.94. The molecule has 0 radical (unpaired) electrons. The zero-order valence-electron chi connectivity index (χ0n) is 31.8. The number of nitrogens with one attached hydrogen (secondary N) is 2. The molecule has 5 rings (SSSR count). The summed E-state index contributed by atoms with van der Waals surface area (Å²) in [6.45, 7) is 12.1. The molecule has 0 aromatic heterocycles. The van der Waals surface area contributed by atoms with Crippen LogP contribution in [-0.2, 0) is 14.3 Å². The van der Waals surface area contributed by atoms with E-state index in [0.717, 1.165) is 86.4 Å². The second kappa shape index (κ2) is 21.8. The Kier molecular flexibility index (Phi) is 16.6. The van der Waals surface area contributed by atoms with Crippen LogP contribution in [-0.4, -0.2) is 81.0 Å². The van der Waals surface area contributed by atoms with E-state index < -0.39 is 40.7 Å². The number of hydrogen-bond acceptors (Lipinski definition) is 11. The molecule has 15 heteroatoms. The van der Waals surface area contributed by atoms with Crippen LogP contribution in [0.25, 0.3) is 12.2 Å². The summed E-state index contributed by atoms with van der Waals surface area (Å²) in [5.74, 6) is -4.48. The van der Waals surface area contributed by atoms with E-state index in [1.807, 2.05) is 24.3 Å².